The zero-order valence-corrected chi connectivity index (χ0v) is 13.2. The average Bonchev–Trinajstić information content (AvgIpc) is 2.81. The van der Waals surface area contributed by atoms with E-state index < -0.39 is 12.5 Å². The third-order valence-electron chi connectivity index (χ3n) is 4.14. The van der Waals surface area contributed by atoms with Crippen LogP contribution in [0.1, 0.15) is 46.0 Å². The smallest absolute Gasteiger partial charge is 0.267 e. The lowest BCUT2D eigenvalue weighted by atomic mass is 10.1. The number of halogens is 2. The molecule has 6 heteroatoms. The first-order valence-corrected chi connectivity index (χ1v) is 7.99. The Morgan fingerprint density at radius 1 is 1.43 bits per heavy atom. The minimum absolute atomic E-state index is 0.157. The number of nitrogens with one attached hydrogen (secondary N) is 1. The Kier molecular flexibility index (Phi) is 7.52. The molecular weight excluding hydrogens is 276 g/mol. The SMILES string of the molecule is CCC(C)CN[C@@H](CCCCN)C(=O)N1CCC(F)(F)C1. The summed E-state index contributed by atoms with van der Waals surface area (Å²) in [6, 6.07) is -0.362. The first kappa shape index (κ1) is 18.3. The Morgan fingerprint density at radius 2 is 2.14 bits per heavy atom. The highest BCUT2D eigenvalue weighted by molar-refractivity contribution is 5.82. The van der Waals surface area contributed by atoms with Crippen LogP contribution in [0.15, 0.2) is 0 Å². The standard InChI is InChI=1S/C15H29F2N3O/c1-3-12(2)10-19-13(6-4-5-8-18)14(21)20-9-7-15(16,17)11-20/h12-13,19H,3-11,18H2,1-2H3/t12?,13-/m0/s1. The van der Waals surface area contributed by atoms with Crippen LogP contribution < -0.4 is 11.1 Å². The third kappa shape index (κ3) is 6.26. The Morgan fingerprint density at radius 3 is 2.67 bits per heavy atom. The number of likely N-dealkylation sites (tertiary alicyclic amines) is 1. The van der Waals surface area contributed by atoms with Gasteiger partial charge in [-0.2, -0.15) is 0 Å². The average molecular weight is 305 g/mol. The number of amides is 1. The number of unbranched alkanes of at least 4 members (excludes halogenated alkanes) is 1. The lowest BCUT2D eigenvalue weighted by molar-refractivity contribution is -0.134. The molecule has 1 fully saturated rings. The van der Waals surface area contributed by atoms with Crippen LogP contribution in [0.3, 0.4) is 0 Å². The number of carbonyl (C=O) groups is 1. The van der Waals surface area contributed by atoms with Gasteiger partial charge in [0.2, 0.25) is 5.91 Å². The highest BCUT2D eigenvalue weighted by atomic mass is 19.3. The van der Waals surface area contributed by atoms with Crippen molar-refractivity contribution in [2.45, 2.75) is 57.9 Å². The summed E-state index contributed by atoms with van der Waals surface area (Å²) in [6.07, 6.45) is 3.16. The van der Waals surface area contributed by atoms with Crippen LogP contribution in [0.5, 0.6) is 0 Å². The summed E-state index contributed by atoms with van der Waals surface area (Å²) in [4.78, 5) is 13.7. The van der Waals surface area contributed by atoms with Gasteiger partial charge >= 0.3 is 0 Å². The molecule has 1 saturated heterocycles. The van der Waals surface area contributed by atoms with E-state index in [0.29, 0.717) is 18.9 Å². The molecule has 0 saturated carbocycles. The highest BCUT2D eigenvalue weighted by Crippen LogP contribution is 2.27. The van der Waals surface area contributed by atoms with E-state index in [1.54, 1.807) is 0 Å². The molecule has 0 aromatic carbocycles. The molecule has 1 rings (SSSR count). The minimum Gasteiger partial charge on any atom is -0.335 e. The van der Waals surface area contributed by atoms with Crippen LogP contribution in [0.2, 0.25) is 0 Å². The van der Waals surface area contributed by atoms with E-state index in [2.05, 4.69) is 19.2 Å². The topological polar surface area (TPSA) is 58.4 Å². The Bertz CT molecular complexity index is 326. The van der Waals surface area contributed by atoms with Gasteiger partial charge in [0.1, 0.15) is 0 Å². The molecule has 0 spiro atoms. The molecule has 124 valence electrons. The molecule has 4 nitrogen and oxygen atoms in total. The lowest BCUT2D eigenvalue weighted by Crippen LogP contribution is -2.47. The van der Waals surface area contributed by atoms with Crippen LogP contribution in [0, 0.1) is 5.92 Å². The maximum atomic E-state index is 13.3. The summed E-state index contributed by atoms with van der Waals surface area (Å²) in [5.41, 5.74) is 5.48. The van der Waals surface area contributed by atoms with Crippen molar-refractivity contribution in [3.05, 3.63) is 0 Å². The van der Waals surface area contributed by atoms with Gasteiger partial charge in [0.25, 0.3) is 5.92 Å². The van der Waals surface area contributed by atoms with Crippen LogP contribution in [-0.4, -0.2) is 49.0 Å². The normalized spacial score (nSPS) is 20.5. The molecule has 1 unspecified atom stereocenters. The van der Waals surface area contributed by atoms with E-state index in [4.69, 9.17) is 5.73 Å². The fourth-order valence-corrected chi connectivity index (χ4v) is 2.44. The number of rotatable bonds is 9. The molecular formula is C15H29F2N3O. The van der Waals surface area contributed by atoms with E-state index in [-0.39, 0.29) is 24.9 Å². The summed E-state index contributed by atoms with van der Waals surface area (Å²) in [7, 11) is 0. The van der Waals surface area contributed by atoms with Gasteiger partial charge in [-0.15, -0.1) is 0 Å². The molecule has 1 amide bonds. The van der Waals surface area contributed by atoms with Crippen molar-refractivity contribution in [2.75, 3.05) is 26.2 Å². The van der Waals surface area contributed by atoms with E-state index in [1.165, 1.54) is 4.90 Å². The Hall–Kier alpha value is -0.750. The van der Waals surface area contributed by atoms with Crippen LogP contribution in [0.4, 0.5) is 8.78 Å². The van der Waals surface area contributed by atoms with E-state index >= 15 is 0 Å². The molecule has 0 aromatic rings. The molecule has 2 atom stereocenters. The molecule has 21 heavy (non-hydrogen) atoms. The molecule has 0 radical (unpaired) electrons. The number of hydrogen-bond donors (Lipinski definition) is 2. The second kappa shape index (κ2) is 8.63. The van der Waals surface area contributed by atoms with Gasteiger partial charge in [0.05, 0.1) is 12.6 Å². The summed E-state index contributed by atoms with van der Waals surface area (Å²) in [5, 5.41) is 3.26. The van der Waals surface area contributed by atoms with Gasteiger partial charge < -0.3 is 16.0 Å². The van der Waals surface area contributed by atoms with Gasteiger partial charge in [-0.3, -0.25) is 4.79 Å². The van der Waals surface area contributed by atoms with Crippen LogP contribution in [0.25, 0.3) is 0 Å². The molecule has 1 aliphatic rings. The number of hydrogen-bond acceptors (Lipinski definition) is 3. The van der Waals surface area contributed by atoms with Gasteiger partial charge in [0.15, 0.2) is 0 Å². The molecule has 3 N–H and O–H groups in total. The van der Waals surface area contributed by atoms with Crippen molar-refractivity contribution >= 4 is 5.91 Å². The summed E-state index contributed by atoms with van der Waals surface area (Å²) < 4.78 is 26.5. The van der Waals surface area contributed by atoms with Gasteiger partial charge in [-0.25, -0.2) is 8.78 Å². The van der Waals surface area contributed by atoms with Crippen molar-refractivity contribution in [3.8, 4) is 0 Å². The second-order valence-electron chi connectivity index (χ2n) is 6.12. The van der Waals surface area contributed by atoms with E-state index in [9.17, 15) is 13.6 Å². The zero-order chi connectivity index (χ0) is 15.9. The highest BCUT2D eigenvalue weighted by Gasteiger charge is 2.41. The Labute approximate surface area is 126 Å². The molecule has 1 heterocycles. The van der Waals surface area contributed by atoms with E-state index in [1.807, 2.05) is 0 Å². The number of carbonyl (C=O) groups excluding carboxylic acids is 1. The molecule has 0 bridgehead atoms. The fraction of sp³-hybridized carbons (Fsp3) is 0.933. The second-order valence-corrected chi connectivity index (χ2v) is 6.12. The third-order valence-corrected chi connectivity index (χ3v) is 4.14. The summed E-state index contributed by atoms with van der Waals surface area (Å²) in [6.45, 7) is 5.25. The minimum atomic E-state index is -2.73. The monoisotopic (exact) mass is 305 g/mol. The maximum absolute atomic E-state index is 13.3. The number of alkyl halides is 2. The van der Waals surface area contributed by atoms with E-state index in [0.717, 1.165) is 25.8 Å². The lowest BCUT2D eigenvalue weighted by Gasteiger charge is -2.25. The summed E-state index contributed by atoms with van der Waals surface area (Å²) >= 11 is 0. The largest absolute Gasteiger partial charge is 0.335 e. The maximum Gasteiger partial charge on any atom is 0.267 e. The van der Waals surface area contributed by atoms with Crippen molar-refractivity contribution in [1.82, 2.24) is 10.2 Å². The van der Waals surface area contributed by atoms with Crippen LogP contribution in [-0.2, 0) is 4.79 Å². The first-order valence-electron chi connectivity index (χ1n) is 7.99. The Balaban J connectivity index is 2.55. The van der Waals surface area contributed by atoms with Crippen molar-refractivity contribution in [2.24, 2.45) is 11.7 Å². The number of nitrogens with two attached hydrogens (primary N) is 1. The van der Waals surface area contributed by atoms with Gasteiger partial charge in [0, 0.05) is 13.0 Å². The molecule has 0 aromatic heterocycles. The van der Waals surface area contributed by atoms with Crippen molar-refractivity contribution in [3.63, 3.8) is 0 Å². The zero-order valence-electron chi connectivity index (χ0n) is 13.2. The predicted molar refractivity (Wildman–Crippen MR) is 80.3 cm³/mol. The quantitative estimate of drug-likeness (QED) is 0.641. The van der Waals surface area contributed by atoms with Crippen molar-refractivity contribution < 1.29 is 13.6 Å². The fourth-order valence-electron chi connectivity index (χ4n) is 2.44. The van der Waals surface area contributed by atoms with Crippen LogP contribution >= 0.6 is 0 Å². The summed E-state index contributed by atoms with van der Waals surface area (Å²) in [5.74, 6) is -2.45. The predicted octanol–water partition coefficient (Wildman–Crippen LogP) is 1.99. The van der Waals surface area contributed by atoms with Crippen molar-refractivity contribution in [1.29, 1.82) is 0 Å². The van der Waals surface area contributed by atoms with Gasteiger partial charge in [-0.05, 0) is 31.8 Å². The first-order chi connectivity index (χ1) is 9.89. The van der Waals surface area contributed by atoms with Gasteiger partial charge in [-0.1, -0.05) is 26.7 Å². The molecule has 1 aliphatic heterocycles. The molecule has 0 aliphatic carbocycles. The number of nitrogens with zero attached hydrogens (tertiary/aromatic N) is 1.